The third kappa shape index (κ3) is 5.96. The Balaban J connectivity index is 1.78. The molecule has 1 atom stereocenters. The molecule has 1 heterocycles. The first kappa shape index (κ1) is 25.3. The second-order valence-electron chi connectivity index (χ2n) is 8.20. The molecule has 182 valence electrons. The average molecular weight is 490 g/mol. The summed E-state index contributed by atoms with van der Waals surface area (Å²) >= 11 is 0. The Hall–Kier alpha value is -2.37. The van der Waals surface area contributed by atoms with Crippen molar-refractivity contribution in [2.24, 2.45) is 0 Å². The molecule has 2 aromatic rings. The van der Waals surface area contributed by atoms with Crippen LogP contribution in [0.15, 0.2) is 47.4 Å². The van der Waals surface area contributed by atoms with Crippen LogP contribution in [0.3, 0.4) is 0 Å². The lowest BCUT2D eigenvalue weighted by molar-refractivity contribution is -0.137. The molecule has 3 rings (SSSR count). The van der Waals surface area contributed by atoms with Gasteiger partial charge in [-0.1, -0.05) is 6.07 Å². The number of rotatable bonds is 7. The van der Waals surface area contributed by atoms with Crippen molar-refractivity contribution in [3.8, 4) is 5.75 Å². The second kappa shape index (κ2) is 9.86. The lowest BCUT2D eigenvalue weighted by atomic mass is 10.1. The Kier molecular flexibility index (Phi) is 7.55. The molecule has 2 aromatic carbocycles. The molecule has 0 N–H and O–H groups in total. The van der Waals surface area contributed by atoms with Crippen LogP contribution >= 0.6 is 0 Å². The van der Waals surface area contributed by atoms with Crippen molar-refractivity contribution in [1.82, 2.24) is 9.21 Å². The lowest BCUT2D eigenvalue weighted by Crippen LogP contribution is -2.54. The Bertz CT molecular complexity index is 1080. The van der Waals surface area contributed by atoms with Gasteiger partial charge in [0.2, 0.25) is 10.0 Å². The standard InChI is InChI=1S/C22H27F4N3O3S/c1-16-15-28(21-8-7-17(23)13-20(21)22(24,25)26)9-10-29(16)33(30,31)19-6-4-5-18(14-19)32-12-11-27(2)3/h4-8,13-14,16H,9-12,15H2,1-3H3/t16-/m1/s1. The summed E-state index contributed by atoms with van der Waals surface area (Å²) in [5.74, 6) is -0.557. The van der Waals surface area contributed by atoms with Crippen molar-refractivity contribution in [2.75, 3.05) is 51.8 Å². The number of anilines is 1. The SMILES string of the molecule is C[C@@H]1CN(c2ccc(F)cc2C(F)(F)F)CCN1S(=O)(=O)c1cccc(OCCN(C)C)c1. The molecule has 0 unspecified atom stereocenters. The van der Waals surface area contributed by atoms with Crippen LogP contribution in [-0.4, -0.2) is 70.5 Å². The van der Waals surface area contributed by atoms with E-state index in [2.05, 4.69) is 0 Å². The van der Waals surface area contributed by atoms with Crippen molar-refractivity contribution < 1.29 is 30.7 Å². The minimum Gasteiger partial charge on any atom is -0.492 e. The summed E-state index contributed by atoms with van der Waals surface area (Å²) in [5, 5.41) is 0. The fraction of sp³-hybridized carbons (Fsp3) is 0.455. The number of benzene rings is 2. The fourth-order valence-electron chi connectivity index (χ4n) is 3.73. The second-order valence-corrected chi connectivity index (χ2v) is 10.1. The quantitative estimate of drug-likeness (QED) is 0.556. The first-order valence-corrected chi connectivity index (χ1v) is 11.8. The molecular weight excluding hydrogens is 462 g/mol. The molecule has 0 bridgehead atoms. The van der Waals surface area contributed by atoms with E-state index >= 15 is 0 Å². The number of nitrogens with zero attached hydrogens (tertiary/aromatic N) is 3. The predicted octanol–water partition coefficient (Wildman–Crippen LogP) is 3.68. The molecule has 1 fully saturated rings. The molecular formula is C22H27F4N3O3S. The Morgan fingerprint density at radius 3 is 2.48 bits per heavy atom. The van der Waals surface area contributed by atoms with E-state index in [0.29, 0.717) is 25.0 Å². The van der Waals surface area contributed by atoms with Crippen LogP contribution in [0.25, 0.3) is 0 Å². The van der Waals surface area contributed by atoms with Gasteiger partial charge in [-0.05, 0) is 51.4 Å². The van der Waals surface area contributed by atoms with Crippen LogP contribution in [0.5, 0.6) is 5.75 Å². The molecule has 0 spiro atoms. The summed E-state index contributed by atoms with van der Waals surface area (Å²) in [5.41, 5.74) is -1.24. The summed E-state index contributed by atoms with van der Waals surface area (Å²) in [6.07, 6.45) is -4.73. The van der Waals surface area contributed by atoms with Gasteiger partial charge in [0, 0.05) is 44.0 Å². The first-order chi connectivity index (χ1) is 15.4. The fourth-order valence-corrected chi connectivity index (χ4v) is 5.38. The summed E-state index contributed by atoms with van der Waals surface area (Å²) in [4.78, 5) is 3.44. The number of sulfonamides is 1. The maximum atomic E-state index is 13.5. The highest BCUT2D eigenvalue weighted by molar-refractivity contribution is 7.89. The summed E-state index contributed by atoms with van der Waals surface area (Å²) in [6, 6.07) is 8.10. The van der Waals surface area contributed by atoms with E-state index in [4.69, 9.17) is 4.74 Å². The highest BCUT2D eigenvalue weighted by atomic mass is 32.2. The van der Waals surface area contributed by atoms with Gasteiger partial charge in [0.15, 0.2) is 0 Å². The Labute approximate surface area is 191 Å². The van der Waals surface area contributed by atoms with Gasteiger partial charge in [-0.3, -0.25) is 0 Å². The van der Waals surface area contributed by atoms with Gasteiger partial charge in [-0.2, -0.15) is 17.5 Å². The van der Waals surface area contributed by atoms with E-state index in [9.17, 15) is 26.0 Å². The number of ether oxygens (including phenoxy) is 1. The van der Waals surface area contributed by atoms with Crippen LogP contribution in [0, 0.1) is 5.82 Å². The normalized spacial score (nSPS) is 18.1. The van der Waals surface area contributed by atoms with E-state index in [1.54, 1.807) is 19.1 Å². The zero-order valence-corrected chi connectivity index (χ0v) is 19.5. The minimum atomic E-state index is -4.73. The largest absolute Gasteiger partial charge is 0.492 e. The zero-order chi connectivity index (χ0) is 24.4. The number of piperazine rings is 1. The molecule has 0 aliphatic carbocycles. The summed E-state index contributed by atoms with van der Waals surface area (Å²) in [6.45, 7) is 2.76. The average Bonchev–Trinajstić information content (AvgIpc) is 2.73. The predicted molar refractivity (Wildman–Crippen MR) is 117 cm³/mol. The van der Waals surface area contributed by atoms with Crippen LogP contribution in [0.2, 0.25) is 0 Å². The van der Waals surface area contributed by atoms with Gasteiger partial charge in [-0.25, -0.2) is 12.8 Å². The number of hydrogen-bond donors (Lipinski definition) is 0. The van der Waals surface area contributed by atoms with Crippen LogP contribution in [-0.2, 0) is 16.2 Å². The molecule has 1 aliphatic rings. The van der Waals surface area contributed by atoms with Gasteiger partial charge in [-0.15, -0.1) is 0 Å². The lowest BCUT2D eigenvalue weighted by Gasteiger charge is -2.40. The molecule has 0 saturated carbocycles. The van der Waals surface area contributed by atoms with Crippen molar-refractivity contribution in [2.45, 2.75) is 24.0 Å². The molecule has 6 nitrogen and oxygen atoms in total. The number of alkyl halides is 3. The van der Waals surface area contributed by atoms with Gasteiger partial charge in [0.05, 0.1) is 10.5 Å². The van der Waals surface area contributed by atoms with Crippen LogP contribution < -0.4 is 9.64 Å². The topological polar surface area (TPSA) is 53.1 Å². The van der Waals surface area contributed by atoms with E-state index in [-0.39, 0.29) is 30.2 Å². The van der Waals surface area contributed by atoms with Crippen molar-refractivity contribution in [3.05, 3.63) is 53.8 Å². The van der Waals surface area contributed by atoms with E-state index in [0.717, 1.165) is 12.1 Å². The molecule has 1 saturated heterocycles. The van der Waals surface area contributed by atoms with E-state index < -0.39 is 33.6 Å². The van der Waals surface area contributed by atoms with Gasteiger partial charge in [0.1, 0.15) is 18.2 Å². The highest BCUT2D eigenvalue weighted by Crippen LogP contribution is 2.38. The minimum absolute atomic E-state index is 0.0100. The van der Waals surface area contributed by atoms with E-state index in [1.807, 2.05) is 19.0 Å². The van der Waals surface area contributed by atoms with Gasteiger partial charge >= 0.3 is 6.18 Å². The molecule has 0 amide bonds. The van der Waals surface area contributed by atoms with Crippen molar-refractivity contribution >= 4 is 15.7 Å². The maximum absolute atomic E-state index is 13.5. The van der Waals surface area contributed by atoms with Gasteiger partial charge < -0.3 is 14.5 Å². The summed E-state index contributed by atoms with van der Waals surface area (Å²) < 4.78 is 87.2. The maximum Gasteiger partial charge on any atom is 0.418 e. The first-order valence-electron chi connectivity index (χ1n) is 10.4. The Morgan fingerprint density at radius 1 is 1.12 bits per heavy atom. The molecule has 0 aromatic heterocycles. The number of likely N-dealkylation sites (N-methyl/N-ethyl adjacent to an activating group) is 1. The molecule has 33 heavy (non-hydrogen) atoms. The van der Waals surface area contributed by atoms with Crippen molar-refractivity contribution in [3.63, 3.8) is 0 Å². The highest BCUT2D eigenvalue weighted by Gasteiger charge is 2.39. The van der Waals surface area contributed by atoms with Crippen LogP contribution in [0.4, 0.5) is 23.2 Å². The van der Waals surface area contributed by atoms with Gasteiger partial charge in [0.25, 0.3) is 0 Å². The molecule has 0 radical (unpaired) electrons. The summed E-state index contributed by atoms with van der Waals surface area (Å²) in [7, 11) is -0.0965. The van der Waals surface area contributed by atoms with Crippen LogP contribution in [0.1, 0.15) is 12.5 Å². The smallest absolute Gasteiger partial charge is 0.418 e. The Morgan fingerprint density at radius 2 is 1.85 bits per heavy atom. The molecule has 11 heteroatoms. The monoisotopic (exact) mass is 489 g/mol. The third-order valence-electron chi connectivity index (χ3n) is 5.39. The third-order valence-corrected chi connectivity index (χ3v) is 7.40. The molecule has 1 aliphatic heterocycles. The number of hydrogen-bond acceptors (Lipinski definition) is 5. The van der Waals surface area contributed by atoms with E-state index in [1.165, 1.54) is 21.3 Å². The zero-order valence-electron chi connectivity index (χ0n) is 18.6. The van der Waals surface area contributed by atoms with Crippen molar-refractivity contribution in [1.29, 1.82) is 0 Å². The number of halogens is 4.